The molecule has 1 saturated heterocycles. The van der Waals surface area contributed by atoms with Gasteiger partial charge in [0.2, 0.25) is 11.8 Å². The first-order valence-electron chi connectivity index (χ1n) is 20.1. The molecule has 0 spiro atoms. The van der Waals surface area contributed by atoms with Crippen molar-refractivity contribution < 1.29 is 38.1 Å². The van der Waals surface area contributed by atoms with Gasteiger partial charge >= 0.3 is 5.97 Å². The highest BCUT2D eigenvalue weighted by Crippen LogP contribution is 2.55. The molecule has 1 heterocycles. The lowest BCUT2D eigenvalue weighted by Crippen LogP contribution is -2.68. The fraction of sp³-hybridized carbons (Fsp3) is 0.622. The first-order chi connectivity index (χ1) is 26.0. The Hall–Kier alpha value is -3.21. The van der Waals surface area contributed by atoms with Crippen molar-refractivity contribution in [1.82, 2.24) is 4.90 Å². The Kier molecular flexibility index (Phi) is 17.0. The second kappa shape index (κ2) is 20.3. The van der Waals surface area contributed by atoms with Crippen molar-refractivity contribution in [1.29, 1.82) is 0 Å². The number of methoxy groups -OCH3 is 1. The maximum Gasteiger partial charge on any atom is 0.337 e. The van der Waals surface area contributed by atoms with E-state index in [1.54, 1.807) is 32.9 Å². The number of amides is 1. The molecule has 0 radical (unpaired) electrons. The lowest BCUT2D eigenvalue weighted by molar-refractivity contribution is -0.194. The number of carbonyl (C=O) groups excluding carboxylic acids is 1. The highest BCUT2D eigenvalue weighted by molar-refractivity contribution is 7.80. The van der Waals surface area contributed by atoms with Crippen LogP contribution in [0.15, 0.2) is 72.8 Å². The molecule has 10 heteroatoms. The highest BCUT2D eigenvalue weighted by Gasteiger charge is 2.69. The van der Waals surface area contributed by atoms with Gasteiger partial charge in [-0.3, -0.25) is 9.69 Å². The molecule has 1 amide bonds. The van der Waals surface area contributed by atoms with Crippen molar-refractivity contribution in [3.8, 4) is 0 Å². The minimum atomic E-state index is -2.66. The molecule has 55 heavy (non-hydrogen) atoms. The van der Waals surface area contributed by atoms with Crippen LogP contribution in [0.4, 0.5) is 8.78 Å². The van der Waals surface area contributed by atoms with Crippen molar-refractivity contribution >= 4 is 29.3 Å². The van der Waals surface area contributed by atoms with Crippen LogP contribution in [-0.2, 0) is 24.7 Å². The Morgan fingerprint density at radius 3 is 1.85 bits per heavy atom. The number of rotatable bonds is 23. The van der Waals surface area contributed by atoms with Crippen LogP contribution in [-0.4, -0.2) is 63.4 Å². The van der Waals surface area contributed by atoms with Crippen molar-refractivity contribution in [2.45, 2.75) is 148 Å². The number of allylic oxidation sites excluding steroid dienone is 1. The number of nitrogens with zero attached hydrogens (tertiary/aromatic N) is 1. The van der Waals surface area contributed by atoms with Gasteiger partial charge in [0.15, 0.2) is 11.2 Å². The topological polar surface area (TPSA) is 96.3 Å². The Bertz CT molecular complexity index is 1510. The molecule has 2 N–H and O–H groups in total. The Morgan fingerprint density at radius 2 is 1.40 bits per heavy atom. The summed E-state index contributed by atoms with van der Waals surface area (Å²) in [4.78, 5) is 30.5. The Labute approximate surface area is 333 Å². The van der Waals surface area contributed by atoms with Gasteiger partial charge in [-0.25, -0.2) is 13.6 Å². The summed E-state index contributed by atoms with van der Waals surface area (Å²) in [6.07, 6.45) is 10.1. The normalized spacial score (nSPS) is 18.3. The molecule has 0 aromatic heterocycles. The Morgan fingerprint density at radius 1 is 0.891 bits per heavy atom. The number of carboxylic acid groups (broad SMARTS) is 1. The number of benzene rings is 2. The summed E-state index contributed by atoms with van der Waals surface area (Å²) in [5.74, 6) is -5.16. The van der Waals surface area contributed by atoms with Gasteiger partial charge in [0.1, 0.15) is 5.41 Å². The maximum absolute atomic E-state index is 15.7. The molecular formula is C45H65F2NO6S. The molecule has 1 fully saturated rings. The number of ether oxygens (including phenoxy) is 2. The number of halogens is 2. The van der Waals surface area contributed by atoms with E-state index in [-0.39, 0.29) is 37.0 Å². The summed E-state index contributed by atoms with van der Waals surface area (Å²) in [7, 11) is 1.41. The van der Waals surface area contributed by atoms with Crippen LogP contribution in [0.2, 0.25) is 0 Å². The van der Waals surface area contributed by atoms with Crippen LogP contribution in [0.1, 0.15) is 136 Å². The average molecular weight is 786 g/mol. The molecule has 0 unspecified atom stereocenters. The van der Waals surface area contributed by atoms with Gasteiger partial charge < -0.3 is 19.7 Å². The fourth-order valence-corrected chi connectivity index (χ4v) is 8.71. The van der Waals surface area contributed by atoms with Crippen molar-refractivity contribution in [2.24, 2.45) is 16.7 Å². The number of carboxylic acids is 1. The van der Waals surface area contributed by atoms with Crippen LogP contribution >= 0.6 is 12.2 Å². The number of alkyl halides is 2. The number of aliphatic carboxylic acids is 1. The molecule has 3 rings (SSSR count). The first kappa shape index (κ1) is 46.2. The van der Waals surface area contributed by atoms with Crippen LogP contribution in [0.5, 0.6) is 0 Å². The number of aliphatic hydroxyl groups is 1. The van der Waals surface area contributed by atoms with E-state index in [0.29, 0.717) is 38.5 Å². The van der Waals surface area contributed by atoms with Gasteiger partial charge in [-0.1, -0.05) is 153 Å². The molecule has 7 nitrogen and oxygen atoms in total. The van der Waals surface area contributed by atoms with E-state index >= 15 is 4.79 Å². The zero-order valence-electron chi connectivity index (χ0n) is 34.1. The van der Waals surface area contributed by atoms with Crippen LogP contribution in [0.25, 0.3) is 0 Å². The monoisotopic (exact) mass is 785 g/mol. The molecule has 2 aromatic carbocycles. The quantitative estimate of drug-likeness (QED) is 0.0658. The van der Waals surface area contributed by atoms with Crippen LogP contribution < -0.4 is 0 Å². The van der Waals surface area contributed by atoms with Crippen LogP contribution in [0.3, 0.4) is 0 Å². The average Bonchev–Trinajstić information content (AvgIpc) is 3.47. The third-order valence-corrected chi connectivity index (χ3v) is 11.5. The second-order valence-corrected chi connectivity index (χ2v) is 16.9. The Balaban J connectivity index is 2.01. The molecule has 306 valence electrons. The molecule has 0 aliphatic carbocycles. The third kappa shape index (κ3) is 10.4. The smallest absolute Gasteiger partial charge is 0.337 e. The number of thiocarbonyl (C=S) groups is 1. The number of unbranched alkanes of at least 4 members (excludes halogenated alkanes) is 8. The van der Waals surface area contributed by atoms with Crippen molar-refractivity contribution in [3.63, 3.8) is 0 Å². The summed E-state index contributed by atoms with van der Waals surface area (Å²) in [6.45, 7) is 11.1. The molecule has 0 saturated carbocycles. The summed E-state index contributed by atoms with van der Waals surface area (Å²) in [5.41, 5.74) is -5.56. The number of carbonyl (C=O) groups is 2. The lowest BCUT2D eigenvalue weighted by atomic mass is 9.55. The summed E-state index contributed by atoms with van der Waals surface area (Å²) in [5, 5.41) is 23.2. The highest BCUT2D eigenvalue weighted by atomic mass is 32.1. The molecular weight excluding hydrogens is 721 g/mol. The van der Waals surface area contributed by atoms with Gasteiger partial charge in [0.05, 0.1) is 6.04 Å². The van der Waals surface area contributed by atoms with E-state index in [1.165, 1.54) is 12.0 Å². The predicted molar refractivity (Wildman–Crippen MR) is 219 cm³/mol. The standard InChI is InChI=1S/C45H65F2NO6S/c1-8-9-10-13-22-29-42(46,47)30-23-14-11-12-15-24-31-43(41(4,5)6,44(52,39(50)51)32-33-53-7)38(49)48-37(34(2)3)45(54-40(48)55,35-25-18-16-19-26-35)36-27-20-17-21-28-36/h16-21,24-28,31,34,37,52H,8-15,22-23,29-30,32-33H2,1-7H3,(H,50,51)/t37-,43-,44+/m0/s1. The van der Waals surface area contributed by atoms with Gasteiger partial charge in [-0.2, -0.15) is 0 Å². The molecule has 3 atom stereocenters. The van der Waals surface area contributed by atoms with Crippen molar-refractivity contribution in [3.05, 3.63) is 83.9 Å². The fourth-order valence-electron chi connectivity index (χ4n) is 8.38. The predicted octanol–water partition coefficient (Wildman–Crippen LogP) is 10.9. The van der Waals surface area contributed by atoms with Gasteiger partial charge in [-0.15, -0.1) is 0 Å². The van der Waals surface area contributed by atoms with E-state index in [2.05, 4.69) is 6.92 Å². The molecule has 1 aliphatic heterocycles. The van der Waals surface area contributed by atoms with E-state index in [4.69, 9.17) is 21.7 Å². The molecule has 1 aliphatic rings. The first-order valence-corrected chi connectivity index (χ1v) is 20.6. The van der Waals surface area contributed by atoms with Gasteiger partial charge in [-0.05, 0) is 49.2 Å². The van der Waals surface area contributed by atoms with Gasteiger partial charge in [0.25, 0.3) is 5.17 Å². The zero-order valence-corrected chi connectivity index (χ0v) is 34.9. The van der Waals surface area contributed by atoms with E-state index in [9.17, 15) is 23.8 Å². The number of hydrogen-bond acceptors (Lipinski definition) is 6. The molecule has 0 bridgehead atoms. The maximum atomic E-state index is 15.7. The summed E-state index contributed by atoms with van der Waals surface area (Å²) < 4.78 is 41.0. The van der Waals surface area contributed by atoms with E-state index < -0.39 is 45.9 Å². The summed E-state index contributed by atoms with van der Waals surface area (Å²) in [6, 6.07) is 18.3. The summed E-state index contributed by atoms with van der Waals surface area (Å²) >= 11 is 5.94. The largest absolute Gasteiger partial charge is 0.479 e. The molecule has 2 aromatic rings. The van der Waals surface area contributed by atoms with E-state index in [1.807, 2.05) is 74.5 Å². The van der Waals surface area contributed by atoms with Crippen molar-refractivity contribution in [2.75, 3.05) is 13.7 Å². The SMILES string of the molecule is CCCCCCCC(F)(F)CCCCCCC=C[C@](C(=O)N1C(=S)OC(c2ccccc2)(c2ccccc2)[C@@H]1C(C)C)(C(C)(C)C)[C@@](O)(CCOC)C(=O)O. The second-order valence-electron chi connectivity index (χ2n) is 16.5. The minimum Gasteiger partial charge on any atom is -0.479 e. The van der Waals surface area contributed by atoms with Gasteiger partial charge in [0, 0.05) is 44.1 Å². The van der Waals surface area contributed by atoms with E-state index in [0.717, 1.165) is 36.8 Å². The minimum absolute atomic E-state index is 0.0705. The third-order valence-electron chi connectivity index (χ3n) is 11.3. The van der Waals surface area contributed by atoms with Crippen LogP contribution in [0, 0.1) is 16.7 Å². The zero-order chi connectivity index (χ0) is 40.9. The lowest BCUT2D eigenvalue weighted by Gasteiger charge is -2.51. The number of hydrogen-bond donors (Lipinski definition) is 2.